The van der Waals surface area contributed by atoms with Crippen LogP contribution in [0.1, 0.15) is 0 Å². The number of hydrogen-bond donors (Lipinski definition) is 0. The third kappa shape index (κ3) is 1.26. The van der Waals surface area contributed by atoms with Crippen LogP contribution in [0, 0.1) is 6.08 Å². The maximum absolute atomic E-state index is 11.9. The molecule has 1 radical (unpaired) electrons. The van der Waals surface area contributed by atoms with Gasteiger partial charge in [-0.2, -0.15) is 9.37 Å². The fraction of sp³-hybridized carbons (Fsp3) is 0. The van der Waals surface area contributed by atoms with Crippen LogP contribution in [-0.4, -0.2) is 9.97 Å². The molecule has 0 fully saturated rings. The Labute approximate surface area is 55.7 Å². The summed E-state index contributed by atoms with van der Waals surface area (Å²) in [6.07, 6.45) is 0.121. The molecule has 0 spiro atoms. The molecule has 0 bridgehead atoms. The number of rotatable bonds is 0. The van der Waals surface area contributed by atoms with E-state index in [4.69, 9.17) is 17.3 Å². The van der Waals surface area contributed by atoms with Gasteiger partial charge in [-0.3, -0.25) is 5.73 Å². The zero-order valence-electron chi connectivity index (χ0n) is 4.23. The summed E-state index contributed by atoms with van der Waals surface area (Å²) in [5.41, 5.74) is 6.84. The second-order valence-electron chi connectivity index (χ2n) is 1.34. The van der Waals surface area contributed by atoms with E-state index in [9.17, 15) is 4.39 Å². The van der Waals surface area contributed by atoms with Crippen molar-refractivity contribution in [3.8, 4) is 0 Å². The first kappa shape index (κ1) is 6.22. The van der Waals surface area contributed by atoms with Crippen molar-refractivity contribution in [3.05, 3.63) is 17.3 Å². The van der Waals surface area contributed by atoms with Crippen LogP contribution in [0.25, 0.3) is 0 Å². The van der Waals surface area contributed by atoms with Gasteiger partial charge < -0.3 is 0 Å². The van der Waals surface area contributed by atoms with E-state index in [1.807, 2.05) is 0 Å². The summed E-state index contributed by atoms with van der Waals surface area (Å²) in [6.45, 7) is 0. The molecular weight excluding hydrogens is 145 g/mol. The van der Waals surface area contributed by atoms with Gasteiger partial charge in [0.2, 0.25) is 0 Å². The van der Waals surface area contributed by atoms with Crippen LogP contribution in [-0.2, 0) is 0 Å². The highest BCUT2D eigenvalue weighted by atomic mass is 35.5. The monoisotopic (exact) mass is 146 g/mol. The molecule has 1 rings (SSSR count). The Kier molecular flexibility index (Phi) is 1.48. The van der Waals surface area contributed by atoms with Crippen molar-refractivity contribution in [2.75, 3.05) is 0 Å². The molecule has 9 heavy (non-hydrogen) atoms. The summed E-state index contributed by atoms with van der Waals surface area (Å²) in [5.74, 6) is -0.288. The van der Waals surface area contributed by atoms with Crippen molar-refractivity contribution in [3.63, 3.8) is 0 Å². The third-order valence-electron chi connectivity index (χ3n) is 0.715. The van der Waals surface area contributed by atoms with E-state index >= 15 is 0 Å². The molecule has 0 aromatic carbocycles. The Morgan fingerprint density at radius 2 is 2.33 bits per heavy atom. The lowest BCUT2D eigenvalue weighted by molar-refractivity contribution is 0.539. The van der Waals surface area contributed by atoms with Crippen LogP contribution in [0.4, 0.5) is 10.2 Å². The Balaban J connectivity index is 3.17. The predicted molar refractivity (Wildman–Crippen MR) is 29.8 cm³/mol. The maximum Gasteiger partial charge on any atom is 0.310 e. The highest BCUT2D eigenvalue weighted by Crippen LogP contribution is 2.13. The van der Waals surface area contributed by atoms with Crippen molar-refractivity contribution in [1.82, 2.24) is 15.7 Å². The topological polar surface area (TPSA) is 49.6 Å². The molecule has 1 heterocycles. The zero-order valence-corrected chi connectivity index (χ0v) is 4.98. The van der Waals surface area contributed by atoms with Crippen molar-refractivity contribution >= 4 is 17.4 Å². The van der Waals surface area contributed by atoms with Crippen LogP contribution in [0.5, 0.6) is 0 Å². The van der Waals surface area contributed by atoms with Crippen LogP contribution in [0.2, 0.25) is 5.02 Å². The van der Waals surface area contributed by atoms with E-state index < -0.39 is 6.08 Å². The van der Waals surface area contributed by atoms with Crippen molar-refractivity contribution < 1.29 is 4.39 Å². The molecule has 0 aliphatic rings. The van der Waals surface area contributed by atoms with E-state index in [2.05, 4.69) is 9.97 Å². The Bertz CT molecular complexity index is 227. The molecule has 1 aromatic rings. The molecule has 0 amide bonds. The average Bonchev–Trinajstić information content (AvgIpc) is 1.80. The molecule has 1 aromatic heterocycles. The number of nitrogens with zero attached hydrogens (tertiary/aromatic N) is 2. The Morgan fingerprint density at radius 1 is 1.67 bits per heavy atom. The van der Waals surface area contributed by atoms with E-state index in [0.29, 0.717) is 0 Å². The van der Waals surface area contributed by atoms with Gasteiger partial charge in [0.05, 0.1) is 6.20 Å². The first-order valence-electron chi connectivity index (χ1n) is 2.10. The van der Waals surface area contributed by atoms with Gasteiger partial charge in [0, 0.05) is 0 Å². The quantitative estimate of drug-likeness (QED) is 0.516. The van der Waals surface area contributed by atoms with Gasteiger partial charge in [0.15, 0.2) is 5.82 Å². The van der Waals surface area contributed by atoms with Gasteiger partial charge in [-0.1, -0.05) is 11.6 Å². The van der Waals surface area contributed by atoms with Crippen molar-refractivity contribution in [1.29, 1.82) is 0 Å². The second kappa shape index (κ2) is 2.14. The lowest BCUT2D eigenvalue weighted by Gasteiger charge is -1.90. The first-order chi connectivity index (χ1) is 4.20. The van der Waals surface area contributed by atoms with Gasteiger partial charge in [0.1, 0.15) is 5.02 Å². The Hall–Kier alpha value is -0.900. The summed E-state index contributed by atoms with van der Waals surface area (Å²) in [6, 6.07) is 0. The van der Waals surface area contributed by atoms with E-state index in [-0.39, 0.29) is 10.8 Å². The largest absolute Gasteiger partial charge is 0.310 e. The average molecular weight is 147 g/mol. The zero-order chi connectivity index (χ0) is 6.85. The van der Waals surface area contributed by atoms with Gasteiger partial charge in [-0.25, -0.2) is 4.98 Å². The SMILES string of the molecule is [NH]c1nc(F)ncc1Cl. The van der Waals surface area contributed by atoms with E-state index in [1.165, 1.54) is 0 Å². The summed E-state index contributed by atoms with van der Waals surface area (Å²) >= 11 is 5.30. The molecule has 0 aliphatic heterocycles. The second-order valence-corrected chi connectivity index (χ2v) is 1.74. The fourth-order valence-electron chi connectivity index (χ4n) is 0.346. The third-order valence-corrected chi connectivity index (χ3v) is 0.991. The molecule has 0 saturated carbocycles. The molecule has 1 N–H and O–H groups in total. The minimum Gasteiger partial charge on any atom is -0.281 e. The first-order valence-corrected chi connectivity index (χ1v) is 2.47. The highest BCUT2D eigenvalue weighted by Gasteiger charge is 1.98. The summed E-state index contributed by atoms with van der Waals surface area (Å²) in [7, 11) is 0. The van der Waals surface area contributed by atoms with Crippen molar-refractivity contribution in [2.45, 2.75) is 0 Å². The van der Waals surface area contributed by atoms with Crippen LogP contribution in [0.15, 0.2) is 6.20 Å². The predicted octanol–water partition coefficient (Wildman–Crippen LogP) is 1.18. The van der Waals surface area contributed by atoms with Gasteiger partial charge in [-0.05, 0) is 0 Å². The van der Waals surface area contributed by atoms with Crippen LogP contribution < -0.4 is 5.73 Å². The van der Waals surface area contributed by atoms with E-state index in [1.54, 1.807) is 0 Å². The van der Waals surface area contributed by atoms with Crippen molar-refractivity contribution in [2.24, 2.45) is 0 Å². The summed E-state index contributed by atoms with van der Waals surface area (Å²) in [4.78, 5) is 6.14. The lowest BCUT2D eigenvalue weighted by Crippen LogP contribution is -1.88. The van der Waals surface area contributed by atoms with Gasteiger partial charge in [0.25, 0.3) is 0 Å². The van der Waals surface area contributed by atoms with E-state index in [0.717, 1.165) is 6.20 Å². The molecule has 0 atom stereocenters. The molecule has 5 heteroatoms. The summed E-state index contributed by atoms with van der Waals surface area (Å²) < 4.78 is 11.9. The minimum absolute atomic E-state index is 0.0522. The number of hydrogen-bond acceptors (Lipinski definition) is 2. The number of aromatic nitrogens is 2. The van der Waals surface area contributed by atoms with Crippen LogP contribution in [0.3, 0.4) is 0 Å². The molecular formula is C4H2ClFN3. The smallest absolute Gasteiger partial charge is 0.281 e. The van der Waals surface area contributed by atoms with Crippen LogP contribution >= 0.6 is 11.6 Å². The highest BCUT2D eigenvalue weighted by molar-refractivity contribution is 6.32. The molecule has 3 nitrogen and oxygen atoms in total. The Morgan fingerprint density at radius 3 is 2.78 bits per heavy atom. The van der Waals surface area contributed by atoms with Gasteiger partial charge >= 0.3 is 6.08 Å². The standard InChI is InChI=1S/C4H2ClFN3/c5-2-1-8-4(6)9-3(2)7/h1,7H. The molecule has 47 valence electrons. The maximum atomic E-state index is 11.9. The molecule has 0 saturated heterocycles. The summed E-state index contributed by atoms with van der Waals surface area (Å²) in [5, 5.41) is 0.0522. The minimum atomic E-state index is -0.926. The molecule has 0 aliphatic carbocycles. The molecule has 0 unspecified atom stereocenters. The fourth-order valence-corrected chi connectivity index (χ4v) is 0.437. The normalized spacial score (nSPS) is 9.56. The van der Waals surface area contributed by atoms with Gasteiger partial charge in [-0.15, -0.1) is 0 Å². The lowest BCUT2D eigenvalue weighted by atomic mass is 10.6. The number of nitrogens with one attached hydrogen (secondary N) is 1. The number of halogens is 2.